The zero-order valence-electron chi connectivity index (χ0n) is 10.3. The van der Waals surface area contributed by atoms with Gasteiger partial charge in [0.15, 0.2) is 0 Å². The number of rotatable bonds is 2. The number of anilines is 1. The summed E-state index contributed by atoms with van der Waals surface area (Å²) in [6, 6.07) is 9.36. The summed E-state index contributed by atoms with van der Waals surface area (Å²) in [7, 11) is -3.43. The average Bonchev–Trinajstić information content (AvgIpc) is 2.96. The molecule has 19 heavy (non-hydrogen) atoms. The van der Waals surface area contributed by atoms with Crippen LogP contribution in [-0.2, 0) is 16.4 Å². The van der Waals surface area contributed by atoms with Gasteiger partial charge in [-0.1, -0.05) is 18.2 Å². The Morgan fingerprint density at radius 3 is 2.74 bits per heavy atom. The van der Waals surface area contributed by atoms with Crippen molar-refractivity contribution in [1.82, 2.24) is 0 Å². The van der Waals surface area contributed by atoms with E-state index in [-0.39, 0.29) is 0 Å². The molecule has 1 aromatic carbocycles. The quantitative estimate of drug-likeness (QED) is 0.823. The number of aryl methyl sites for hydroxylation is 1. The smallest absolute Gasteiger partial charge is 0.265 e. The van der Waals surface area contributed by atoms with Gasteiger partial charge in [-0.25, -0.2) is 8.42 Å². The lowest BCUT2D eigenvalue weighted by Crippen LogP contribution is -2.28. The molecular weight excluding hydrogens is 346 g/mol. The zero-order chi connectivity index (χ0) is 13.6. The van der Waals surface area contributed by atoms with Gasteiger partial charge in [0.25, 0.3) is 10.0 Å². The molecule has 0 amide bonds. The number of thiophene rings is 1. The van der Waals surface area contributed by atoms with Gasteiger partial charge in [-0.3, -0.25) is 4.31 Å². The first-order chi connectivity index (χ1) is 9.00. The zero-order valence-corrected chi connectivity index (χ0v) is 13.5. The van der Waals surface area contributed by atoms with Crippen molar-refractivity contribution < 1.29 is 8.42 Å². The number of para-hydroxylation sites is 1. The van der Waals surface area contributed by atoms with Gasteiger partial charge in [0.05, 0.1) is 9.47 Å². The van der Waals surface area contributed by atoms with Gasteiger partial charge in [-0.2, -0.15) is 0 Å². The van der Waals surface area contributed by atoms with Gasteiger partial charge in [0.1, 0.15) is 4.21 Å². The third kappa shape index (κ3) is 2.11. The molecule has 0 unspecified atom stereocenters. The molecule has 2 aromatic rings. The topological polar surface area (TPSA) is 37.4 Å². The van der Waals surface area contributed by atoms with Crippen LogP contribution in [0.25, 0.3) is 0 Å². The lowest BCUT2D eigenvalue weighted by molar-refractivity contribution is 0.594. The molecule has 3 rings (SSSR count). The average molecular weight is 358 g/mol. The maximum Gasteiger partial charge on any atom is 0.273 e. The van der Waals surface area contributed by atoms with E-state index in [0.29, 0.717) is 10.8 Å². The summed E-state index contributed by atoms with van der Waals surface area (Å²) >= 11 is 4.56. The maximum absolute atomic E-state index is 12.7. The van der Waals surface area contributed by atoms with E-state index in [1.165, 1.54) is 15.6 Å². The number of nitrogens with zero attached hydrogens (tertiary/aromatic N) is 1. The minimum Gasteiger partial charge on any atom is -0.265 e. The van der Waals surface area contributed by atoms with Crippen LogP contribution in [0.15, 0.2) is 38.3 Å². The Labute approximate surface area is 125 Å². The highest BCUT2D eigenvalue weighted by atomic mass is 79.9. The van der Waals surface area contributed by atoms with Crippen molar-refractivity contribution in [3.8, 4) is 0 Å². The van der Waals surface area contributed by atoms with E-state index in [1.54, 1.807) is 12.1 Å². The third-order valence-corrected chi connectivity index (χ3v) is 7.14. The van der Waals surface area contributed by atoms with Crippen LogP contribution in [0.5, 0.6) is 0 Å². The normalized spacial score (nSPS) is 14.7. The summed E-state index contributed by atoms with van der Waals surface area (Å²) < 4.78 is 28.1. The van der Waals surface area contributed by atoms with Gasteiger partial charge in [0, 0.05) is 6.54 Å². The molecule has 0 fully saturated rings. The first kappa shape index (κ1) is 13.1. The number of sulfonamides is 1. The molecule has 0 aliphatic carbocycles. The van der Waals surface area contributed by atoms with E-state index in [0.717, 1.165) is 27.0 Å². The summed E-state index contributed by atoms with van der Waals surface area (Å²) in [5.74, 6) is 0. The summed E-state index contributed by atoms with van der Waals surface area (Å²) in [5, 5.41) is 0. The van der Waals surface area contributed by atoms with Crippen molar-refractivity contribution >= 4 is 43.0 Å². The molecule has 0 bridgehead atoms. The summed E-state index contributed by atoms with van der Waals surface area (Å²) in [6.45, 7) is 2.48. The predicted octanol–water partition coefficient (Wildman–Crippen LogP) is 3.57. The Morgan fingerprint density at radius 1 is 1.26 bits per heavy atom. The van der Waals surface area contributed by atoms with E-state index in [2.05, 4.69) is 15.9 Å². The molecule has 3 nitrogen and oxygen atoms in total. The van der Waals surface area contributed by atoms with Crippen molar-refractivity contribution in [1.29, 1.82) is 0 Å². The van der Waals surface area contributed by atoms with Gasteiger partial charge < -0.3 is 0 Å². The van der Waals surface area contributed by atoms with Crippen molar-refractivity contribution in [2.75, 3.05) is 10.8 Å². The molecule has 0 saturated heterocycles. The number of benzene rings is 1. The van der Waals surface area contributed by atoms with Crippen LogP contribution in [0, 0.1) is 6.92 Å². The number of hydrogen-bond donors (Lipinski definition) is 0. The summed E-state index contributed by atoms with van der Waals surface area (Å²) in [4.78, 5) is 0. The van der Waals surface area contributed by atoms with Crippen LogP contribution in [-0.4, -0.2) is 15.0 Å². The molecule has 0 saturated carbocycles. The van der Waals surface area contributed by atoms with Crippen LogP contribution >= 0.6 is 27.3 Å². The Bertz CT molecular complexity index is 737. The number of hydrogen-bond acceptors (Lipinski definition) is 3. The molecule has 0 radical (unpaired) electrons. The fourth-order valence-electron chi connectivity index (χ4n) is 2.40. The molecule has 0 atom stereocenters. The van der Waals surface area contributed by atoms with Crippen LogP contribution in [0.3, 0.4) is 0 Å². The van der Waals surface area contributed by atoms with E-state index < -0.39 is 10.0 Å². The second kappa shape index (κ2) is 4.61. The Hall–Kier alpha value is -0.850. The molecule has 1 aliphatic rings. The van der Waals surface area contributed by atoms with Crippen molar-refractivity contribution in [2.45, 2.75) is 17.6 Å². The molecular formula is C13H12BrNO2S2. The van der Waals surface area contributed by atoms with Crippen LogP contribution in [0.4, 0.5) is 5.69 Å². The van der Waals surface area contributed by atoms with E-state index in [1.807, 2.05) is 25.1 Å². The van der Waals surface area contributed by atoms with Crippen LogP contribution in [0.2, 0.25) is 0 Å². The van der Waals surface area contributed by atoms with Crippen LogP contribution in [0.1, 0.15) is 11.1 Å². The van der Waals surface area contributed by atoms with Crippen LogP contribution < -0.4 is 4.31 Å². The summed E-state index contributed by atoms with van der Waals surface area (Å²) in [6.07, 6.45) is 0.781. The summed E-state index contributed by atoms with van der Waals surface area (Å²) in [5.41, 5.74) is 2.97. The van der Waals surface area contributed by atoms with Crippen molar-refractivity contribution in [3.05, 3.63) is 45.2 Å². The first-order valence-corrected chi connectivity index (χ1v) is 8.91. The second-order valence-corrected chi connectivity index (χ2v) is 9.02. The largest absolute Gasteiger partial charge is 0.273 e. The lowest BCUT2D eigenvalue weighted by atomic mass is 10.1. The van der Waals surface area contributed by atoms with Crippen molar-refractivity contribution in [3.63, 3.8) is 0 Å². The molecule has 6 heteroatoms. The lowest BCUT2D eigenvalue weighted by Gasteiger charge is -2.20. The van der Waals surface area contributed by atoms with Gasteiger partial charge in [0.2, 0.25) is 0 Å². The fourth-order valence-corrected chi connectivity index (χ4v) is 6.09. The molecule has 0 N–H and O–H groups in total. The highest BCUT2D eigenvalue weighted by molar-refractivity contribution is 9.11. The van der Waals surface area contributed by atoms with E-state index in [4.69, 9.17) is 0 Å². The van der Waals surface area contributed by atoms with Gasteiger partial charge in [-0.15, -0.1) is 11.3 Å². The molecule has 2 heterocycles. The predicted molar refractivity (Wildman–Crippen MR) is 81.4 cm³/mol. The van der Waals surface area contributed by atoms with Gasteiger partial charge in [-0.05, 0) is 52.5 Å². The molecule has 1 aliphatic heterocycles. The molecule has 0 spiro atoms. The molecule has 100 valence electrons. The minimum atomic E-state index is -3.43. The Balaban J connectivity index is 2.11. The van der Waals surface area contributed by atoms with Crippen molar-refractivity contribution in [2.24, 2.45) is 0 Å². The standard InChI is InChI=1S/C13H12BrNO2S2/c1-9-3-2-4-10-7-8-15(13(9)10)19(16,17)12-6-5-11(14)18-12/h2-6H,7-8H2,1H3. The Morgan fingerprint density at radius 2 is 2.05 bits per heavy atom. The maximum atomic E-state index is 12.7. The Kier molecular flexibility index (Phi) is 3.19. The number of fused-ring (bicyclic) bond motifs is 1. The number of halogens is 1. The van der Waals surface area contributed by atoms with E-state index in [9.17, 15) is 8.42 Å². The third-order valence-electron chi connectivity index (χ3n) is 3.25. The first-order valence-electron chi connectivity index (χ1n) is 5.87. The molecule has 1 aromatic heterocycles. The SMILES string of the molecule is Cc1cccc2c1N(S(=O)(=O)c1ccc(Br)s1)CC2. The monoisotopic (exact) mass is 357 g/mol. The highest BCUT2D eigenvalue weighted by Crippen LogP contribution is 2.37. The minimum absolute atomic E-state index is 0.385. The fraction of sp³-hybridized carbons (Fsp3) is 0.231. The van der Waals surface area contributed by atoms with E-state index >= 15 is 0 Å². The van der Waals surface area contributed by atoms with Gasteiger partial charge >= 0.3 is 0 Å². The second-order valence-electron chi connectivity index (χ2n) is 4.47. The highest BCUT2D eigenvalue weighted by Gasteiger charge is 2.32.